The highest BCUT2D eigenvalue weighted by molar-refractivity contribution is 7.97. The van der Waals surface area contributed by atoms with Crippen LogP contribution in [0.15, 0.2) is 47.4 Å². The predicted octanol–water partition coefficient (Wildman–Crippen LogP) is 3.77. The number of nitrogens with zero attached hydrogens (tertiary/aromatic N) is 1. The lowest BCUT2D eigenvalue weighted by molar-refractivity contribution is -0.132. The summed E-state index contributed by atoms with van der Waals surface area (Å²) < 4.78 is 1.58. The van der Waals surface area contributed by atoms with E-state index in [1.165, 1.54) is 35.9 Å². The van der Waals surface area contributed by atoms with E-state index >= 15 is 0 Å². The third kappa shape index (κ3) is 3.04. The van der Waals surface area contributed by atoms with Crippen LogP contribution in [0.4, 0.5) is 5.69 Å². The summed E-state index contributed by atoms with van der Waals surface area (Å²) in [7, 11) is 1.73. The molecule has 4 rings (SSSR count). The van der Waals surface area contributed by atoms with Crippen molar-refractivity contribution >= 4 is 29.4 Å². The first kappa shape index (κ1) is 16.2. The van der Waals surface area contributed by atoms with Crippen molar-refractivity contribution in [1.82, 2.24) is 4.31 Å². The standard InChI is InChI=1S/C20H20N2O2S/c1-22-20(24)18(19(23)21-15-9-3-2-4-10-15)16-11-13-7-5-6-8-14(13)12-17(16)25-22/h2-4,9-12,18H,5-8H2,1H3,(H,21,23). The first-order valence-electron chi connectivity index (χ1n) is 8.60. The Labute approximate surface area is 151 Å². The molecule has 2 aromatic rings. The van der Waals surface area contributed by atoms with Gasteiger partial charge in [-0.1, -0.05) is 24.3 Å². The van der Waals surface area contributed by atoms with E-state index in [1.54, 1.807) is 11.4 Å². The maximum atomic E-state index is 12.9. The number of fused-ring (bicyclic) bond motifs is 2. The average molecular weight is 352 g/mol. The number of rotatable bonds is 2. The molecule has 0 spiro atoms. The topological polar surface area (TPSA) is 49.4 Å². The summed E-state index contributed by atoms with van der Waals surface area (Å²) in [6.07, 6.45) is 4.50. The number of amides is 2. The smallest absolute Gasteiger partial charge is 0.249 e. The zero-order valence-corrected chi connectivity index (χ0v) is 14.9. The summed E-state index contributed by atoms with van der Waals surface area (Å²) in [4.78, 5) is 26.6. The van der Waals surface area contributed by atoms with Gasteiger partial charge in [-0.2, -0.15) is 0 Å². The van der Waals surface area contributed by atoms with Gasteiger partial charge in [0.2, 0.25) is 11.8 Å². The van der Waals surface area contributed by atoms with Gasteiger partial charge < -0.3 is 5.32 Å². The molecule has 1 atom stereocenters. The van der Waals surface area contributed by atoms with Crippen LogP contribution in [0.2, 0.25) is 0 Å². The largest absolute Gasteiger partial charge is 0.325 e. The molecule has 1 aliphatic heterocycles. The Morgan fingerprint density at radius 1 is 1.12 bits per heavy atom. The van der Waals surface area contributed by atoms with E-state index in [0.29, 0.717) is 5.69 Å². The Kier molecular flexibility index (Phi) is 4.25. The first-order chi connectivity index (χ1) is 12.1. The number of hydrogen-bond donors (Lipinski definition) is 1. The maximum Gasteiger partial charge on any atom is 0.249 e. The number of likely N-dealkylation sites (N-methyl/N-ethyl adjacent to an activating group) is 1. The van der Waals surface area contributed by atoms with Crippen LogP contribution in [0.1, 0.15) is 35.4 Å². The minimum Gasteiger partial charge on any atom is -0.325 e. The number of anilines is 1. The summed E-state index contributed by atoms with van der Waals surface area (Å²) in [5, 5.41) is 2.89. The van der Waals surface area contributed by atoms with E-state index in [9.17, 15) is 9.59 Å². The molecule has 4 nitrogen and oxygen atoms in total. The maximum absolute atomic E-state index is 12.9. The molecule has 2 aromatic carbocycles. The van der Waals surface area contributed by atoms with Gasteiger partial charge in [0, 0.05) is 17.6 Å². The SMILES string of the molecule is CN1Sc2cc3c(cc2C(C(=O)Nc2ccccc2)C1=O)CCCC3. The molecular formula is C20H20N2O2S. The van der Waals surface area contributed by atoms with Crippen LogP contribution in [0, 0.1) is 0 Å². The molecule has 0 aromatic heterocycles. The zero-order valence-electron chi connectivity index (χ0n) is 14.1. The Morgan fingerprint density at radius 2 is 1.80 bits per heavy atom. The second-order valence-corrected chi connectivity index (χ2v) is 7.75. The number of aryl methyl sites for hydroxylation is 2. The fraction of sp³-hybridized carbons (Fsp3) is 0.300. The second kappa shape index (κ2) is 6.56. The van der Waals surface area contributed by atoms with Crippen molar-refractivity contribution in [2.24, 2.45) is 0 Å². The van der Waals surface area contributed by atoms with Crippen molar-refractivity contribution in [2.45, 2.75) is 36.5 Å². The molecule has 0 fully saturated rings. The van der Waals surface area contributed by atoms with Gasteiger partial charge in [0.1, 0.15) is 5.92 Å². The van der Waals surface area contributed by atoms with E-state index in [-0.39, 0.29) is 11.8 Å². The molecule has 1 N–H and O–H groups in total. The highest BCUT2D eigenvalue weighted by Gasteiger charge is 2.38. The van der Waals surface area contributed by atoms with Crippen LogP contribution >= 0.6 is 11.9 Å². The highest BCUT2D eigenvalue weighted by Crippen LogP contribution is 2.41. The van der Waals surface area contributed by atoms with Crippen molar-refractivity contribution in [3.63, 3.8) is 0 Å². The van der Waals surface area contributed by atoms with Crippen molar-refractivity contribution in [1.29, 1.82) is 0 Å². The van der Waals surface area contributed by atoms with Gasteiger partial charge in [0.15, 0.2) is 0 Å². The van der Waals surface area contributed by atoms with E-state index in [0.717, 1.165) is 23.3 Å². The van der Waals surface area contributed by atoms with Gasteiger partial charge in [0.25, 0.3) is 0 Å². The van der Waals surface area contributed by atoms with Crippen molar-refractivity contribution in [3.8, 4) is 0 Å². The van der Waals surface area contributed by atoms with Crippen LogP contribution in [0.5, 0.6) is 0 Å². The summed E-state index contributed by atoms with van der Waals surface area (Å²) in [5.74, 6) is -1.21. The fourth-order valence-electron chi connectivity index (χ4n) is 3.58. The number of carbonyl (C=O) groups is 2. The third-order valence-corrected chi connectivity index (χ3v) is 5.89. The minimum absolute atomic E-state index is 0.165. The molecule has 0 saturated carbocycles. The molecular weight excluding hydrogens is 332 g/mol. The van der Waals surface area contributed by atoms with Gasteiger partial charge in [0.05, 0.1) is 0 Å². The fourth-order valence-corrected chi connectivity index (χ4v) is 4.55. The van der Waals surface area contributed by atoms with Crippen LogP contribution in [-0.2, 0) is 22.4 Å². The van der Waals surface area contributed by atoms with E-state index in [2.05, 4.69) is 17.4 Å². The summed E-state index contributed by atoms with van der Waals surface area (Å²) in [6, 6.07) is 13.6. The molecule has 2 aliphatic rings. The van der Waals surface area contributed by atoms with Crippen LogP contribution in [0.25, 0.3) is 0 Å². The average Bonchev–Trinajstić information content (AvgIpc) is 2.62. The van der Waals surface area contributed by atoms with Gasteiger partial charge >= 0.3 is 0 Å². The van der Waals surface area contributed by atoms with E-state index < -0.39 is 5.92 Å². The minimum atomic E-state index is -0.784. The van der Waals surface area contributed by atoms with Gasteiger partial charge in [-0.3, -0.25) is 13.9 Å². The van der Waals surface area contributed by atoms with Crippen molar-refractivity contribution < 1.29 is 9.59 Å². The molecule has 2 amide bonds. The predicted molar refractivity (Wildman–Crippen MR) is 99.5 cm³/mol. The molecule has 25 heavy (non-hydrogen) atoms. The van der Waals surface area contributed by atoms with Gasteiger partial charge in [-0.25, -0.2) is 0 Å². The number of para-hydroxylation sites is 1. The summed E-state index contributed by atoms with van der Waals surface area (Å²) >= 11 is 1.42. The monoisotopic (exact) mass is 352 g/mol. The molecule has 5 heteroatoms. The molecule has 0 saturated heterocycles. The van der Waals surface area contributed by atoms with Crippen molar-refractivity contribution in [3.05, 3.63) is 59.2 Å². The Bertz CT molecular complexity index is 835. The molecule has 0 radical (unpaired) electrons. The van der Waals surface area contributed by atoms with Gasteiger partial charge in [-0.05, 0) is 72.5 Å². The third-order valence-electron chi connectivity index (χ3n) is 4.88. The van der Waals surface area contributed by atoms with Gasteiger partial charge in [-0.15, -0.1) is 0 Å². The van der Waals surface area contributed by atoms with Crippen LogP contribution < -0.4 is 5.32 Å². The quantitative estimate of drug-likeness (QED) is 0.661. The molecule has 128 valence electrons. The lowest BCUT2D eigenvalue weighted by atomic mass is 9.86. The van der Waals surface area contributed by atoms with Crippen LogP contribution in [0.3, 0.4) is 0 Å². The van der Waals surface area contributed by atoms with E-state index in [4.69, 9.17) is 0 Å². The number of nitrogens with one attached hydrogen (secondary N) is 1. The molecule has 1 unspecified atom stereocenters. The first-order valence-corrected chi connectivity index (χ1v) is 9.38. The molecule has 0 bridgehead atoms. The van der Waals surface area contributed by atoms with Crippen LogP contribution in [-0.4, -0.2) is 23.2 Å². The lowest BCUT2D eigenvalue weighted by Crippen LogP contribution is -2.38. The molecule has 1 aliphatic carbocycles. The highest BCUT2D eigenvalue weighted by atomic mass is 32.2. The number of carbonyl (C=O) groups excluding carboxylic acids is 2. The summed E-state index contributed by atoms with van der Waals surface area (Å²) in [5.41, 5.74) is 4.21. The Morgan fingerprint density at radius 3 is 2.52 bits per heavy atom. The molecule has 1 heterocycles. The number of benzene rings is 2. The zero-order chi connectivity index (χ0) is 17.4. The van der Waals surface area contributed by atoms with E-state index in [1.807, 2.05) is 30.3 Å². The van der Waals surface area contributed by atoms with Crippen molar-refractivity contribution in [2.75, 3.05) is 12.4 Å². The second-order valence-electron chi connectivity index (χ2n) is 6.58. The lowest BCUT2D eigenvalue weighted by Gasteiger charge is -2.31. The summed E-state index contributed by atoms with van der Waals surface area (Å²) in [6.45, 7) is 0. The Hall–Kier alpha value is -2.27. The number of hydrogen-bond acceptors (Lipinski definition) is 3. The normalized spacial score (nSPS) is 19.2. The Balaban J connectivity index is 1.72.